The van der Waals surface area contributed by atoms with Gasteiger partial charge in [0, 0.05) is 56.8 Å². The van der Waals surface area contributed by atoms with Crippen LogP contribution in [0, 0.1) is 0 Å². The van der Waals surface area contributed by atoms with Crippen LogP contribution >= 0.6 is 0 Å². The molecule has 0 bridgehead atoms. The molecular weight excluding hydrogens is 348 g/mol. The molecule has 1 fully saturated rings. The van der Waals surface area contributed by atoms with Crippen LogP contribution in [0.4, 0.5) is 5.69 Å². The number of sulfonamides is 1. The van der Waals surface area contributed by atoms with Gasteiger partial charge < -0.3 is 4.90 Å². The van der Waals surface area contributed by atoms with Crippen LogP contribution in [0.2, 0.25) is 0 Å². The normalized spacial score (nSPS) is 17.2. The minimum absolute atomic E-state index is 0.0112. The van der Waals surface area contributed by atoms with E-state index in [1.54, 1.807) is 13.1 Å². The van der Waals surface area contributed by atoms with E-state index in [0.717, 1.165) is 31.7 Å². The first kappa shape index (κ1) is 18.8. The Balaban J connectivity index is 1.70. The second kappa shape index (κ2) is 8.62. The Kier molecular flexibility index (Phi) is 6.24. The Bertz CT molecular complexity index is 776. The van der Waals surface area contributed by atoms with Gasteiger partial charge in [-0.2, -0.15) is 0 Å². The van der Waals surface area contributed by atoms with Crippen LogP contribution in [-0.2, 0) is 10.0 Å². The van der Waals surface area contributed by atoms with Crippen molar-refractivity contribution >= 4 is 15.7 Å². The maximum absolute atomic E-state index is 11.9. The summed E-state index contributed by atoms with van der Waals surface area (Å²) in [5.41, 5.74) is 2.27. The molecule has 0 radical (unpaired) electrons. The molecule has 3 rings (SSSR count). The molecule has 1 N–H and O–H groups in total. The number of hydrogen-bond acceptors (Lipinski definition) is 5. The zero-order chi connectivity index (χ0) is 18.4. The number of hydrogen-bond donors (Lipinski definition) is 1. The molecule has 1 saturated heterocycles. The molecule has 7 heteroatoms. The first-order valence-electron chi connectivity index (χ1n) is 9.00. The predicted molar refractivity (Wildman–Crippen MR) is 105 cm³/mol. The molecule has 0 aliphatic carbocycles. The third kappa shape index (κ3) is 4.81. The Morgan fingerprint density at radius 1 is 1.08 bits per heavy atom. The van der Waals surface area contributed by atoms with Gasteiger partial charge in [-0.05, 0) is 30.7 Å². The van der Waals surface area contributed by atoms with Crippen molar-refractivity contribution in [2.75, 3.05) is 43.4 Å². The second-order valence-corrected chi connectivity index (χ2v) is 8.51. The van der Waals surface area contributed by atoms with Crippen LogP contribution < -0.4 is 9.62 Å². The number of anilines is 1. The maximum Gasteiger partial charge on any atom is 0.211 e. The van der Waals surface area contributed by atoms with Crippen molar-refractivity contribution in [2.24, 2.45) is 0 Å². The van der Waals surface area contributed by atoms with E-state index in [1.807, 2.05) is 24.4 Å². The first-order chi connectivity index (χ1) is 12.6. The minimum atomic E-state index is -3.22. The summed E-state index contributed by atoms with van der Waals surface area (Å²) in [5, 5.41) is 0. The summed E-state index contributed by atoms with van der Waals surface area (Å²) in [6, 6.07) is 14.3. The van der Waals surface area contributed by atoms with Gasteiger partial charge in [0.25, 0.3) is 0 Å². The molecule has 0 saturated carbocycles. The minimum Gasteiger partial charge on any atom is -0.369 e. The molecule has 1 atom stereocenters. The molecule has 0 amide bonds. The molecule has 26 heavy (non-hydrogen) atoms. The lowest BCUT2D eigenvalue weighted by atomic mass is 10.1. The highest BCUT2D eigenvalue weighted by molar-refractivity contribution is 7.89. The number of pyridine rings is 1. The van der Waals surface area contributed by atoms with Crippen molar-refractivity contribution < 1.29 is 8.42 Å². The molecule has 2 heterocycles. The fraction of sp³-hybridized carbons (Fsp3) is 0.421. The quantitative estimate of drug-likeness (QED) is 0.802. The Hall–Kier alpha value is -1.96. The van der Waals surface area contributed by atoms with Crippen molar-refractivity contribution in [3.8, 4) is 0 Å². The van der Waals surface area contributed by atoms with Gasteiger partial charge in [0.1, 0.15) is 0 Å². The second-order valence-electron chi connectivity index (χ2n) is 6.41. The first-order valence-corrected chi connectivity index (χ1v) is 10.7. The molecular formula is C19H26N4O2S. The highest BCUT2D eigenvalue weighted by Gasteiger charge is 2.26. The topological polar surface area (TPSA) is 65.5 Å². The van der Waals surface area contributed by atoms with Gasteiger partial charge in [0.05, 0.1) is 5.75 Å². The molecule has 1 aliphatic rings. The number of aromatic nitrogens is 1. The Morgan fingerprint density at radius 3 is 2.42 bits per heavy atom. The zero-order valence-corrected chi connectivity index (χ0v) is 15.9. The van der Waals surface area contributed by atoms with E-state index in [9.17, 15) is 8.42 Å². The van der Waals surface area contributed by atoms with E-state index in [0.29, 0.717) is 6.54 Å². The maximum atomic E-state index is 11.9. The average molecular weight is 375 g/mol. The lowest BCUT2D eigenvalue weighted by Crippen LogP contribution is -2.50. The monoisotopic (exact) mass is 374 g/mol. The van der Waals surface area contributed by atoms with Gasteiger partial charge in [0.15, 0.2) is 0 Å². The number of para-hydroxylation sites is 1. The smallest absolute Gasteiger partial charge is 0.211 e. The summed E-state index contributed by atoms with van der Waals surface area (Å²) in [6.07, 6.45) is 3.57. The highest BCUT2D eigenvalue weighted by atomic mass is 32.2. The zero-order valence-electron chi connectivity index (χ0n) is 15.1. The average Bonchev–Trinajstić information content (AvgIpc) is 2.70. The van der Waals surface area contributed by atoms with Gasteiger partial charge in [-0.25, -0.2) is 13.1 Å². The molecule has 1 aromatic carbocycles. The van der Waals surface area contributed by atoms with Crippen LogP contribution in [0.3, 0.4) is 0 Å². The Morgan fingerprint density at radius 2 is 1.81 bits per heavy atom. The lowest BCUT2D eigenvalue weighted by Gasteiger charge is -2.40. The van der Waals surface area contributed by atoms with E-state index in [4.69, 9.17) is 0 Å². The SMILES string of the molecule is CCS(=O)(=O)NC[C@H](c1cccnc1)N1CCN(c2ccccc2)CC1. The van der Waals surface area contributed by atoms with Gasteiger partial charge in [0.2, 0.25) is 10.0 Å². The van der Waals surface area contributed by atoms with Gasteiger partial charge in [-0.3, -0.25) is 9.88 Å². The number of piperazine rings is 1. The molecule has 1 aliphatic heterocycles. The summed E-state index contributed by atoms with van der Waals surface area (Å²) in [6.45, 7) is 5.61. The fourth-order valence-corrected chi connectivity index (χ4v) is 3.89. The molecule has 140 valence electrons. The van der Waals surface area contributed by atoms with Gasteiger partial charge in [-0.15, -0.1) is 0 Å². The molecule has 0 spiro atoms. The van der Waals surface area contributed by atoms with Crippen molar-refractivity contribution in [1.29, 1.82) is 0 Å². The third-order valence-corrected chi connectivity index (χ3v) is 6.19. The van der Waals surface area contributed by atoms with E-state index in [2.05, 4.69) is 43.8 Å². The van der Waals surface area contributed by atoms with Crippen molar-refractivity contribution in [1.82, 2.24) is 14.6 Å². The number of benzene rings is 1. The van der Waals surface area contributed by atoms with Crippen LogP contribution in [0.25, 0.3) is 0 Å². The van der Waals surface area contributed by atoms with E-state index < -0.39 is 10.0 Å². The summed E-state index contributed by atoms with van der Waals surface area (Å²) < 4.78 is 26.5. The van der Waals surface area contributed by atoms with Crippen LogP contribution in [-0.4, -0.2) is 56.8 Å². The van der Waals surface area contributed by atoms with Crippen LogP contribution in [0.15, 0.2) is 54.9 Å². The van der Waals surface area contributed by atoms with Crippen molar-refractivity contribution in [3.05, 3.63) is 60.4 Å². The summed E-state index contributed by atoms with van der Waals surface area (Å²) in [4.78, 5) is 8.92. The summed E-state index contributed by atoms with van der Waals surface area (Å²) in [7, 11) is -3.22. The summed E-state index contributed by atoms with van der Waals surface area (Å²) in [5.74, 6) is 0.0918. The predicted octanol–water partition coefficient (Wildman–Crippen LogP) is 1.88. The number of nitrogens with one attached hydrogen (secondary N) is 1. The van der Waals surface area contributed by atoms with E-state index in [-0.39, 0.29) is 11.8 Å². The van der Waals surface area contributed by atoms with Gasteiger partial charge in [-0.1, -0.05) is 24.3 Å². The van der Waals surface area contributed by atoms with Crippen molar-refractivity contribution in [2.45, 2.75) is 13.0 Å². The van der Waals surface area contributed by atoms with Crippen LogP contribution in [0.5, 0.6) is 0 Å². The highest BCUT2D eigenvalue weighted by Crippen LogP contribution is 2.23. The summed E-state index contributed by atoms with van der Waals surface area (Å²) >= 11 is 0. The van der Waals surface area contributed by atoms with Crippen LogP contribution in [0.1, 0.15) is 18.5 Å². The lowest BCUT2D eigenvalue weighted by molar-refractivity contribution is 0.186. The molecule has 2 aromatic rings. The fourth-order valence-electron chi connectivity index (χ4n) is 3.27. The van der Waals surface area contributed by atoms with E-state index in [1.165, 1.54) is 5.69 Å². The third-order valence-electron chi connectivity index (χ3n) is 4.82. The number of rotatable bonds is 7. The molecule has 1 aromatic heterocycles. The van der Waals surface area contributed by atoms with Gasteiger partial charge >= 0.3 is 0 Å². The standard InChI is InChI=1S/C19H26N4O2S/c1-2-26(24,25)21-16-19(17-7-6-10-20-15-17)23-13-11-22(12-14-23)18-8-4-3-5-9-18/h3-10,15,19,21H,2,11-14,16H2,1H3/t19-/m1/s1. The molecule has 6 nitrogen and oxygen atoms in total. The largest absolute Gasteiger partial charge is 0.369 e. The number of nitrogens with zero attached hydrogens (tertiary/aromatic N) is 3. The van der Waals surface area contributed by atoms with E-state index >= 15 is 0 Å². The van der Waals surface area contributed by atoms with Crippen molar-refractivity contribution in [3.63, 3.8) is 0 Å². The Labute approximate surface area is 155 Å². The molecule has 0 unspecified atom stereocenters.